The first-order valence-corrected chi connectivity index (χ1v) is 47.8. The minimum atomic E-state index is -4.56. The third-order valence-corrected chi connectivity index (χ3v) is 23.8. The highest BCUT2D eigenvalue weighted by Gasteiger charge is 2.39. The SMILES string of the molecule is CC(C)(C)CC(=O)Nc1ccc(C2=NC(Cc3ccccc3C(F)(F)F)C(=O)Nc3ccc(Cl)cc32)cc1.CC(C)(C)CC(=O)Nc1ccc(C2=NC(Cc3ccccc3F)C(=O)Nc3ccc(Cl)cc32)cc1.CC(C)CC(=O)Nc1ccc(C2=NC(Cc3ccccc3C(F)(F)F)C(=O)Nc3ccc(Cl)cc32)cc1.CC(C)CC(=O)Nc1ccc(C2=NC(Cc3ccccc3F)C(=O)Nc3ccc(Cl)cc32)cc1. The second-order valence-electron chi connectivity index (χ2n) is 38.2. The number of aliphatic imine (C=N–C) groups is 4. The van der Waals surface area contributed by atoms with E-state index in [4.69, 9.17) is 56.4 Å². The van der Waals surface area contributed by atoms with E-state index in [0.29, 0.717) is 159 Å². The van der Waals surface area contributed by atoms with Crippen molar-refractivity contribution < 1.29 is 73.5 Å². The van der Waals surface area contributed by atoms with Crippen LogP contribution in [0.15, 0.2) is 287 Å². The van der Waals surface area contributed by atoms with Crippen LogP contribution < -0.4 is 42.5 Å². The zero-order valence-corrected chi connectivity index (χ0v) is 83.1. The Balaban J connectivity index is 0.000000161. The van der Waals surface area contributed by atoms with Gasteiger partial charge in [-0.05, 0) is 191 Å². The fraction of sp³-hybridized carbons (Fsp3) is 0.250. The van der Waals surface area contributed by atoms with Gasteiger partial charge in [0.15, 0.2) is 0 Å². The Hall–Kier alpha value is -14.3. The summed E-state index contributed by atoms with van der Waals surface area (Å²) < 4.78 is 110. The fourth-order valence-corrected chi connectivity index (χ4v) is 16.9. The number of hydrogen-bond acceptors (Lipinski definition) is 12. The van der Waals surface area contributed by atoms with Gasteiger partial charge in [-0.2, -0.15) is 26.3 Å². The lowest BCUT2D eigenvalue weighted by atomic mass is 9.92. The highest BCUT2D eigenvalue weighted by molar-refractivity contribution is 6.34. The Morgan fingerprint density at radius 1 is 0.312 bits per heavy atom. The molecule has 0 spiro atoms. The van der Waals surface area contributed by atoms with E-state index in [9.17, 15) is 73.5 Å². The number of fused-ring (bicyclic) bond motifs is 4. The zero-order valence-electron chi connectivity index (χ0n) is 80.1. The minimum Gasteiger partial charge on any atom is -0.326 e. The van der Waals surface area contributed by atoms with Crippen molar-refractivity contribution in [2.45, 2.75) is 157 Å². The highest BCUT2D eigenvalue weighted by atomic mass is 35.5. The largest absolute Gasteiger partial charge is 0.416 e. The molecule has 0 saturated heterocycles. The average molecular weight is 2040 g/mol. The molecule has 4 heterocycles. The number of benzene rings is 12. The van der Waals surface area contributed by atoms with E-state index in [0.717, 1.165) is 23.3 Å². The Labute approximate surface area is 848 Å². The van der Waals surface area contributed by atoms with Crippen LogP contribution in [-0.2, 0) is 76.4 Å². The maximum absolute atomic E-state index is 14.3. The van der Waals surface area contributed by atoms with Crippen LogP contribution in [0.5, 0.6) is 0 Å². The summed E-state index contributed by atoms with van der Waals surface area (Å²) in [7, 11) is 0. The molecule has 0 aliphatic carbocycles. The second-order valence-corrected chi connectivity index (χ2v) is 39.9. The van der Waals surface area contributed by atoms with Crippen molar-refractivity contribution in [3.05, 3.63) is 377 Å². The van der Waals surface area contributed by atoms with Gasteiger partial charge >= 0.3 is 12.4 Å². The van der Waals surface area contributed by atoms with Gasteiger partial charge in [-0.15, -0.1) is 0 Å². The van der Waals surface area contributed by atoms with Crippen molar-refractivity contribution in [1.82, 2.24) is 0 Å². The first-order chi connectivity index (χ1) is 68.2. The molecule has 0 bridgehead atoms. The maximum atomic E-state index is 14.3. The molecule has 8 N–H and O–H groups in total. The Morgan fingerprint density at radius 3 is 0.764 bits per heavy atom. The smallest absolute Gasteiger partial charge is 0.326 e. The van der Waals surface area contributed by atoms with Gasteiger partial charge in [0.05, 0.1) is 56.7 Å². The Morgan fingerprint density at radius 2 is 0.535 bits per heavy atom. The Bertz CT molecular complexity index is 6940. The summed E-state index contributed by atoms with van der Waals surface area (Å²) in [6.07, 6.45) is -7.80. The molecule has 4 atom stereocenters. The molecule has 12 aromatic rings. The number of amides is 8. The third kappa shape index (κ3) is 29.5. The summed E-state index contributed by atoms with van der Waals surface area (Å²) in [5.41, 5.74) is 10.6. The molecule has 0 aromatic heterocycles. The number of carbonyl (C=O) groups is 8. The quantitative estimate of drug-likeness (QED) is 0.0301. The molecule has 16 rings (SSSR count). The summed E-state index contributed by atoms with van der Waals surface area (Å²) in [6, 6.07) is 67.7. The van der Waals surface area contributed by atoms with Crippen molar-refractivity contribution >= 4 is 162 Å². The van der Waals surface area contributed by atoms with E-state index in [-0.39, 0.29) is 107 Å². The first-order valence-electron chi connectivity index (χ1n) is 46.3. The van der Waals surface area contributed by atoms with E-state index in [1.54, 1.807) is 182 Å². The maximum Gasteiger partial charge on any atom is 0.416 e. The van der Waals surface area contributed by atoms with Gasteiger partial charge in [0.1, 0.15) is 35.8 Å². The number of halogens is 12. The molecular formula is C112H104Cl4F8N12O8. The molecule has 32 heteroatoms. The van der Waals surface area contributed by atoms with E-state index in [2.05, 4.69) is 52.5 Å². The van der Waals surface area contributed by atoms with Crippen molar-refractivity contribution in [2.24, 2.45) is 42.6 Å². The summed E-state index contributed by atoms with van der Waals surface area (Å²) in [5, 5.41) is 24.7. The number of hydrogen-bond donors (Lipinski definition) is 8. The van der Waals surface area contributed by atoms with Crippen LogP contribution in [0.3, 0.4) is 0 Å². The number of anilines is 8. The summed E-state index contributed by atoms with van der Waals surface area (Å²) in [6.45, 7) is 19.8. The van der Waals surface area contributed by atoms with Gasteiger partial charge in [0.2, 0.25) is 47.3 Å². The second kappa shape index (κ2) is 46.8. The van der Waals surface area contributed by atoms with Crippen molar-refractivity contribution in [3.63, 3.8) is 0 Å². The van der Waals surface area contributed by atoms with Gasteiger partial charge in [-0.3, -0.25) is 58.3 Å². The van der Waals surface area contributed by atoms with Crippen LogP contribution in [0.25, 0.3) is 0 Å². The molecule has 744 valence electrons. The number of benzodiazepines with no additional fused rings is 4. The summed E-state index contributed by atoms with van der Waals surface area (Å²) in [4.78, 5) is 120. The van der Waals surface area contributed by atoms with Crippen molar-refractivity contribution in [2.75, 3.05) is 42.5 Å². The molecule has 0 saturated carbocycles. The topological polar surface area (TPSA) is 282 Å². The number of nitrogens with one attached hydrogen (secondary N) is 8. The lowest BCUT2D eigenvalue weighted by molar-refractivity contribution is -0.139. The molecule has 0 fully saturated rings. The van der Waals surface area contributed by atoms with Crippen LogP contribution in [0.2, 0.25) is 20.1 Å². The van der Waals surface area contributed by atoms with E-state index < -0.39 is 59.5 Å². The van der Waals surface area contributed by atoms with Crippen molar-refractivity contribution in [3.8, 4) is 0 Å². The lowest BCUT2D eigenvalue weighted by Gasteiger charge is -2.17. The van der Waals surface area contributed by atoms with Crippen LogP contribution >= 0.6 is 46.4 Å². The molecule has 8 amide bonds. The van der Waals surface area contributed by atoms with Gasteiger partial charge in [-0.1, -0.05) is 237 Å². The van der Waals surface area contributed by atoms with Gasteiger partial charge in [-0.25, -0.2) is 8.78 Å². The van der Waals surface area contributed by atoms with Gasteiger partial charge in [0, 0.05) is 139 Å². The normalized spacial score (nSPS) is 15.5. The third-order valence-electron chi connectivity index (χ3n) is 22.9. The number of alkyl halides is 6. The van der Waals surface area contributed by atoms with Gasteiger partial charge in [0.25, 0.3) is 0 Å². The first kappa shape index (κ1) is 107. The lowest BCUT2D eigenvalue weighted by Crippen LogP contribution is -2.28. The highest BCUT2D eigenvalue weighted by Crippen LogP contribution is 2.40. The van der Waals surface area contributed by atoms with E-state index in [1.165, 1.54) is 48.5 Å². The predicted octanol–water partition coefficient (Wildman–Crippen LogP) is 26.0. The molecule has 4 aliphatic heterocycles. The summed E-state index contributed by atoms with van der Waals surface area (Å²) in [5.74, 6) is -2.30. The standard InChI is InChI=1S/C29H27ClF3N3O2.C28H25ClF3N3O2.C28H27ClFN3O2.C27H25ClFN3O2/c1-28(2,3)16-25(37)34-20-11-8-17(9-12-20)26-21-15-19(30)10-13-23(21)36-27(38)24(35-26)14-18-6-4-5-7-22(18)29(31,32)33;1-16(2)13-25(36)33-20-10-7-17(8-11-20)26-21-15-19(29)9-12-23(21)35-27(37)24(34-26)14-18-5-3-4-6-22(18)28(30,31)32;1-28(2,3)16-25(34)31-20-11-8-17(9-12-20)26-21-15-19(29)10-13-23(21)33-27(35)24(32-26)14-18-6-4-5-7-22(18)30;1-16(2)13-25(33)30-20-10-7-17(8-11-20)26-21-15-19(28)9-12-23(21)32-27(34)24(31-26)14-18-5-3-4-6-22(18)29/h4-13,15,24H,14,16H2,1-3H3,(H,34,37)(H,36,38);3-12,15-16,24H,13-14H2,1-2H3,(H,33,36)(H,35,37);4-13,15,24H,14,16H2,1-3H3,(H,31,34)(H,33,35);3-12,15-16,24H,13-14H2,1-2H3,(H,30,33)(H,32,34). The molecule has 144 heavy (non-hydrogen) atoms. The molecule has 4 unspecified atom stereocenters. The minimum absolute atomic E-state index is 0.0227. The molecule has 4 aliphatic rings. The van der Waals surface area contributed by atoms with E-state index in [1.807, 2.05) is 93.5 Å². The molecule has 0 radical (unpaired) electrons. The average Bonchev–Trinajstić information content (AvgIpc) is 1.57. The molecular weight excluding hydrogens is 1940 g/mol. The van der Waals surface area contributed by atoms with E-state index >= 15 is 0 Å². The zero-order chi connectivity index (χ0) is 104. The molecule has 20 nitrogen and oxygen atoms in total. The van der Waals surface area contributed by atoms with Gasteiger partial charge < -0.3 is 42.5 Å². The van der Waals surface area contributed by atoms with Crippen LogP contribution in [0.1, 0.15) is 173 Å². The van der Waals surface area contributed by atoms with Crippen LogP contribution in [0.4, 0.5) is 80.6 Å². The number of carbonyl (C=O) groups excluding carboxylic acids is 8. The monoisotopic (exact) mass is 2040 g/mol. The van der Waals surface area contributed by atoms with Crippen LogP contribution in [0, 0.1) is 34.3 Å². The Kier molecular flexibility index (Phi) is 34.8. The fourth-order valence-electron chi connectivity index (χ4n) is 16.3. The summed E-state index contributed by atoms with van der Waals surface area (Å²) >= 11 is 25.0. The van der Waals surface area contributed by atoms with Crippen LogP contribution in [-0.4, -0.2) is 94.3 Å². The predicted molar refractivity (Wildman–Crippen MR) is 556 cm³/mol. The number of nitrogens with zero attached hydrogens (tertiary/aromatic N) is 4. The molecule has 12 aromatic carbocycles. The van der Waals surface area contributed by atoms with Crippen molar-refractivity contribution in [1.29, 1.82) is 0 Å². The number of rotatable bonds is 22.